The monoisotopic (exact) mass is 527 g/mol. The summed E-state index contributed by atoms with van der Waals surface area (Å²) in [5, 5.41) is 12.0. The SMILES string of the molecule is CC(C)c1nc2cccc(OCC(O)CN3CCN(C4c5ccccc5CCc5ccccc54)CC3)c2s1. The number of aliphatic hydroxyl groups is 1. The molecule has 1 fully saturated rings. The summed E-state index contributed by atoms with van der Waals surface area (Å²) in [6.07, 6.45) is 1.67. The van der Waals surface area contributed by atoms with Crippen LogP contribution >= 0.6 is 11.3 Å². The van der Waals surface area contributed by atoms with E-state index < -0.39 is 6.10 Å². The van der Waals surface area contributed by atoms with Gasteiger partial charge in [0.25, 0.3) is 0 Å². The molecule has 3 aromatic carbocycles. The number of rotatable bonds is 7. The number of nitrogens with zero attached hydrogens (tertiary/aromatic N) is 3. The minimum atomic E-state index is -0.534. The van der Waals surface area contributed by atoms with Crippen LogP contribution in [0.1, 0.15) is 53.1 Å². The largest absolute Gasteiger partial charge is 0.489 e. The number of aromatic nitrogens is 1. The molecule has 38 heavy (non-hydrogen) atoms. The molecule has 1 aliphatic carbocycles. The Balaban J connectivity index is 1.09. The molecule has 0 bridgehead atoms. The molecule has 0 radical (unpaired) electrons. The van der Waals surface area contributed by atoms with Gasteiger partial charge >= 0.3 is 0 Å². The third-order valence-corrected chi connectivity index (χ3v) is 9.31. The van der Waals surface area contributed by atoms with Gasteiger partial charge in [0.2, 0.25) is 0 Å². The number of fused-ring (bicyclic) bond motifs is 3. The van der Waals surface area contributed by atoms with Gasteiger partial charge in [0, 0.05) is 38.6 Å². The number of aliphatic hydroxyl groups excluding tert-OH is 1. The standard InChI is InChI=1S/C32H37N3O2S/c1-22(2)32-33-28-12-7-13-29(31(28)38-32)37-21-25(36)20-34-16-18-35(19-17-34)30-26-10-5-3-8-23(26)14-15-24-9-4-6-11-27(24)30/h3-13,22,25,30,36H,14-21H2,1-2H3. The molecule has 2 heterocycles. The van der Waals surface area contributed by atoms with Crippen LogP contribution in [-0.4, -0.2) is 65.3 Å². The first-order valence-electron chi connectivity index (χ1n) is 13.9. The quantitative estimate of drug-likeness (QED) is 0.336. The maximum Gasteiger partial charge on any atom is 0.138 e. The Kier molecular flexibility index (Phi) is 7.48. The fourth-order valence-corrected chi connectivity index (χ4v) is 6.96. The van der Waals surface area contributed by atoms with E-state index in [0.717, 1.165) is 60.0 Å². The Bertz CT molecular complexity index is 1340. The molecule has 1 N–H and O–H groups in total. The van der Waals surface area contributed by atoms with Crippen molar-refractivity contribution in [1.29, 1.82) is 0 Å². The topological polar surface area (TPSA) is 48.8 Å². The van der Waals surface area contributed by atoms with Crippen LogP contribution in [0.25, 0.3) is 10.2 Å². The van der Waals surface area contributed by atoms with Crippen molar-refractivity contribution in [1.82, 2.24) is 14.8 Å². The van der Waals surface area contributed by atoms with Crippen LogP contribution in [0, 0.1) is 0 Å². The smallest absolute Gasteiger partial charge is 0.138 e. The maximum absolute atomic E-state index is 10.8. The van der Waals surface area contributed by atoms with Crippen LogP contribution in [-0.2, 0) is 12.8 Å². The van der Waals surface area contributed by atoms with E-state index in [4.69, 9.17) is 9.72 Å². The fourth-order valence-electron chi connectivity index (χ4n) is 5.93. The van der Waals surface area contributed by atoms with Crippen LogP contribution in [0.3, 0.4) is 0 Å². The lowest BCUT2D eigenvalue weighted by Gasteiger charge is -2.40. The molecule has 4 aromatic rings. The second kappa shape index (κ2) is 11.1. The van der Waals surface area contributed by atoms with E-state index >= 15 is 0 Å². The first-order valence-corrected chi connectivity index (χ1v) is 14.7. The first-order chi connectivity index (χ1) is 18.6. The van der Waals surface area contributed by atoms with Gasteiger partial charge in [0.1, 0.15) is 18.5 Å². The van der Waals surface area contributed by atoms with E-state index in [9.17, 15) is 5.11 Å². The highest BCUT2D eigenvalue weighted by Gasteiger charge is 2.31. The first kappa shape index (κ1) is 25.5. The molecule has 6 rings (SSSR count). The average molecular weight is 528 g/mol. The van der Waals surface area contributed by atoms with Crippen LogP contribution in [0.15, 0.2) is 66.7 Å². The highest BCUT2D eigenvalue weighted by Crippen LogP contribution is 2.37. The molecule has 1 atom stereocenters. The summed E-state index contributed by atoms with van der Waals surface area (Å²) in [6, 6.07) is 24.3. The van der Waals surface area contributed by atoms with Crippen LogP contribution < -0.4 is 4.74 Å². The molecule has 0 saturated carbocycles. The lowest BCUT2D eigenvalue weighted by Crippen LogP contribution is -2.50. The lowest BCUT2D eigenvalue weighted by atomic mass is 9.92. The third-order valence-electron chi connectivity index (χ3n) is 7.92. The Labute approximate surface area is 229 Å². The zero-order valence-corrected chi connectivity index (χ0v) is 23.2. The second-order valence-corrected chi connectivity index (χ2v) is 11.9. The molecule has 1 aliphatic heterocycles. The van der Waals surface area contributed by atoms with Crippen molar-refractivity contribution in [2.45, 2.75) is 44.8 Å². The van der Waals surface area contributed by atoms with Gasteiger partial charge in [-0.15, -0.1) is 11.3 Å². The minimum Gasteiger partial charge on any atom is -0.489 e. The lowest BCUT2D eigenvalue weighted by molar-refractivity contribution is 0.0404. The number of piperazine rings is 1. The van der Waals surface area contributed by atoms with Crippen molar-refractivity contribution in [2.24, 2.45) is 0 Å². The Morgan fingerprint density at radius 1 is 0.895 bits per heavy atom. The molecule has 0 amide bonds. The predicted octanol–water partition coefficient (Wildman–Crippen LogP) is 5.67. The van der Waals surface area contributed by atoms with Crippen LogP contribution in [0.4, 0.5) is 0 Å². The van der Waals surface area contributed by atoms with Crippen molar-refractivity contribution in [3.05, 3.63) is 94.0 Å². The number of hydrogen-bond donors (Lipinski definition) is 1. The van der Waals surface area contributed by atoms with E-state index in [2.05, 4.69) is 72.2 Å². The van der Waals surface area contributed by atoms with Crippen LogP contribution in [0.2, 0.25) is 0 Å². The molecule has 1 saturated heterocycles. The van der Waals surface area contributed by atoms with E-state index in [1.54, 1.807) is 11.3 Å². The van der Waals surface area contributed by atoms with Gasteiger partial charge in [0.05, 0.1) is 21.3 Å². The molecule has 198 valence electrons. The fraction of sp³-hybridized carbons (Fsp3) is 0.406. The number of benzene rings is 3. The Hall–Kier alpha value is -2.77. The molecule has 2 aliphatic rings. The zero-order chi connectivity index (χ0) is 26.1. The highest BCUT2D eigenvalue weighted by atomic mass is 32.1. The molecular formula is C32H37N3O2S. The van der Waals surface area contributed by atoms with Crippen molar-refractivity contribution < 1.29 is 9.84 Å². The summed E-state index contributed by atoms with van der Waals surface area (Å²) in [7, 11) is 0. The number of hydrogen-bond acceptors (Lipinski definition) is 6. The van der Waals surface area contributed by atoms with E-state index in [0.29, 0.717) is 18.5 Å². The molecular weight excluding hydrogens is 490 g/mol. The summed E-state index contributed by atoms with van der Waals surface area (Å²) in [4.78, 5) is 9.75. The molecule has 6 heteroatoms. The van der Waals surface area contributed by atoms with Crippen molar-refractivity contribution in [3.8, 4) is 5.75 Å². The maximum atomic E-state index is 10.8. The normalized spacial score (nSPS) is 17.8. The summed E-state index contributed by atoms with van der Waals surface area (Å²) in [6.45, 7) is 9.10. The highest BCUT2D eigenvalue weighted by molar-refractivity contribution is 7.19. The van der Waals surface area contributed by atoms with E-state index in [-0.39, 0.29) is 6.61 Å². The third kappa shape index (κ3) is 5.23. The molecule has 0 spiro atoms. The summed E-state index contributed by atoms with van der Waals surface area (Å²) in [5.74, 6) is 1.21. The number of β-amino-alcohol motifs (C(OH)–C–C–N with tert-alkyl or cyclic N) is 1. The summed E-state index contributed by atoms with van der Waals surface area (Å²) >= 11 is 1.69. The molecule has 1 aromatic heterocycles. The van der Waals surface area contributed by atoms with Gasteiger partial charge in [-0.2, -0.15) is 0 Å². The zero-order valence-electron chi connectivity index (χ0n) is 22.3. The minimum absolute atomic E-state index is 0.289. The predicted molar refractivity (Wildman–Crippen MR) is 155 cm³/mol. The van der Waals surface area contributed by atoms with Gasteiger partial charge in [-0.1, -0.05) is 68.4 Å². The second-order valence-electron chi connectivity index (χ2n) is 10.9. The van der Waals surface area contributed by atoms with E-state index in [1.165, 1.54) is 22.3 Å². The van der Waals surface area contributed by atoms with Gasteiger partial charge < -0.3 is 9.84 Å². The summed E-state index contributed by atoms with van der Waals surface area (Å²) in [5.41, 5.74) is 6.83. The van der Waals surface area contributed by atoms with Gasteiger partial charge in [-0.25, -0.2) is 4.98 Å². The Morgan fingerprint density at radius 3 is 2.21 bits per heavy atom. The van der Waals surface area contributed by atoms with Crippen molar-refractivity contribution >= 4 is 21.6 Å². The van der Waals surface area contributed by atoms with Gasteiger partial charge in [-0.05, 0) is 47.2 Å². The molecule has 5 nitrogen and oxygen atoms in total. The van der Waals surface area contributed by atoms with Gasteiger partial charge in [0.15, 0.2) is 0 Å². The molecule has 1 unspecified atom stereocenters. The Morgan fingerprint density at radius 2 is 1.55 bits per heavy atom. The van der Waals surface area contributed by atoms with Crippen molar-refractivity contribution in [2.75, 3.05) is 39.3 Å². The number of aryl methyl sites for hydroxylation is 2. The number of thiazole rings is 1. The van der Waals surface area contributed by atoms with Crippen LogP contribution in [0.5, 0.6) is 5.75 Å². The van der Waals surface area contributed by atoms with E-state index in [1.807, 2.05) is 18.2 Å². The average Bonchev–Trinajstić information content (AvgIpc) is 3.31. The van der Waals surface area contributed by atoms with Gasteiger partial charge in [-0.3, -0.25) is 9.80 Å². The van der Waals surface area contributed by atoms with Crippen molar-refractivity contribution in [3.63, 3.8) is 0 Å². The number of ether oxygens (including phenoxy) is 1. The summed E-state index contributed by atoms with van der Waals surface area (Å²) < 4.78 is 7.18.